The van der Waals surface area contributed by atoms with Crippen molar-refractivity contribution in [3.05, 3.63) is 54.1 Å². The normalized spacial score (nSPS) is 11.8. The van der Waals surface area contributed by atoms with Crippen LogP contribution in [-0.4, -0.2) is 14.5 Å². The fourth-order valence-electron chi connectivity index (χ4n) is 2.21. The molecule has 0 aliphatic heterocycles. The van der Waals surface area contributed by atoms with Gasteiger partial charge in [0.15, 0.2) is 0 Å². The van der Waals surface area contributed by atoms with Crippen LogP contribution in [-0.2, 0) is 10.0 Å². The summed E-state index contributed by atoms with van der Waals surface area (Å²) in [6.45, 7) is 5.47. The molecule has 0 bridgehead atoms. The van der Waals surface area contributed by atoms with Gasteiger partial charge in [-0.15, -0.1) is 0 Å². The molecular weight excluding hydrogens is 270 g/mol. The lowest BCUT2D eigenvalue weighted by Gasteiger charge is -2.14. The molecule has 4 heteroatoms. The number of benzene rings is 2. The maximum absolute atomic E-state index is 12.3. The summed E-state index contributed by atoms with van der Waals surface area (Å²) in [5, 5.41) is 0. The van der Waals surface area contributed by atoms with Crippen molar-refractivity contribution in [2.75, 3.05) is 0 Å². The van der Waals surface area contributed by atoms with Gasteiger partial charge in [-0.25, -0.2) is 13.1 Å². The van der Waals surface area contributed by atoms with Crippen LogP contribution in [0.15, 0.2) is 53.4 Å². The van der Waals surface area contributed by atoms with Crippen molar-refractivity contribution in [3.8, 4) is 11.1 Å². The second-order valence-electron chi connectivity index (χ2n) is 5.07. The van der Waals surface area contributed by atoms with E-state index in [0.29, 0.717) is 4.90 Å². The van der Waals surface area contributed by atoms with Crippen molar-refractivity contribution in [1.29, 1.82) is 0 Å². The minimum atomic E-state index is -3.47. The van der Waals surface area contributed by atoms with E-state index in [2.05, 4.69) is 4.72 Å². The molecule has 0 atom stereocenters. The number of sulfonamides is 1. The summed E-state index contributed by atoms with van der Waals surface area (Å²) < 4.78 is 27.3. The average Bonchev–Trinajstić information content (AvgIpc) is 2.38. The molecule has 0 aromatic heterocycles. The first kappa shape index (κ1) is 14.8. The Bertz CT molecular complexity index is 692. The highest BCUT2D eigenvalue weighted by Gasteiger charge is 2.19. The zero-order chi connectivity index (χ0) is 14.8. The van der Waals surface area contributed by atoms with E-state index in [1.807, 2.05) is 57.2 Å². The smallest absolute Gasteiger partial charge is 0.209 e. The fraction of sp³-hybridized carbons (Fsp3) is 0.250. The third-order valence-corrected chi connectivity index (χ3v) is 4.85. The van der Waals surface area contributed by atoms with E-state index in [1.54, 1.807) is 12.1 Å². The molecule has 0 fully saturated rings. The van der Waals surface area contributed by atoms with Crippen LogP contribution in [0.25, 0.3) is 11.1 Å². The van der Waals surface area contributed by atoms with Crippen LogP contribution in [0.2, 0.25) is 0 Å². The van der Waals surface area contributed by atoms with Gasteiger partial charge in [-0.1, -0.05) is 42.5 Å². The summed E-state index contributed by atoms with van der Waals surface area (Å²) in [5.74, 6) is 0. The highest BCUT2D eigenvalue weighted by Crippen LogP contribution is 2.27. The Kier molecular flexibility index (Phi) is 4.26. The van der Waals surface area contributed by atoms with Gasteiger partial charge in [-0.05, 0) is 43.5 Å². The molecule has 2 rings (SSSR count). The first-order valence-corrected chi connectivity index (χ1v) is 8.07. The van der Waals surface area contributed by atoms with E-state index >= 15 is 0 Å². The van der Waals surface area contributed by atoms with Crippen molar-refractivity contribution >= 4 is 10.0 Å². The van der Waals surface area contributed by atoms with E-state index in [4.69, 9.17) is 0 Å². The highest BCUT2D eigenvalue weighted by atomic mass is 32.2. The highest BCUT2D eigenvalue weighted by molar-refractivity contribution is 7.89. The largest absolute Gasteiger partial charge is 0.241 e. The van der Waals surface area contributed by atoms with Crippen LogP contribution >= 0.6 is 0 Å². The van der Waals surface area contributed by atoms with Crippen molar-refractivity contribution < 1.29 is 8.42 Å². The molecule has 0 aliphatic carbocycles. The topological polar surface area (TPSA) is 46.2 Å². The van der Waals surface area contributed by atoms with Crippen LogP contribution in [0.4, 0.5) is 0 Å². The van der Waals surface area contributed by atoms with Gasteiger partial charge in [0, 0.05) is 6.04 Å². The molecule has 0 aliphatic rings. The first-order chi connectivity index (χ1) is 9.42. The van der Waals surface area contributed by atoms with E-state index in [-0.39, 0.29) is 6.04 Å². The van der Waals surface area contributed by atoms with Crippen molar-refractivity contribution in [2.24, 2.45) is 0 Å². The third kappa shape index (κ3) is 3.08. The first-order valence-electron chi connectivity index (χ1n) is 6.59. The lowest BCUT2D eigenvalue weighted by molar-refractivity contribution is 0.569. The Morgan fingerprint density at radius 3 is 2.20 bits per heavy atom. The summed E-state index contributed by atoms with van der Waals surface area (Å²) >= 11 is 0. The minimum absolute atomic E-state index is 0.125. The molecule has 0 radical (unpaired) electrons. The zero-order valence-electron chi connectivity index (χ0n) is 11.9. The lowest BCUT2D eigenvalue weighted by Crippen LogP contribution is -2.30. The second-order valence-corrected chi connectivity index (χ2v) is 6.75. The van der Waals surface area contributed by atoms with Gasteiger partial charge >= 0.3 is 0 Å². The maximum atomic E-state index is 12.3. The van der Waals surface area contributed by atoms with Crippen LogP contribution in [0, 0.1) is 6.92 Å². The van der Waals surface area contributed by atoms with Gasteiger partial charge in [0.05, 0.1) is 4.90 Å². The van der Waals surface area contributed by atoms with Gasteiger partial charge in [0.2, 0.25) is 10.0 Å². The minimum Gasteiger partial charge on any atom is -0.209 e. The van der Waals surface area contributed by atoms with Gasteiger partial charge in [0.1, 0.15) is 0 Å². The van der Waals surface area contributed by atoms with E-state index < -0.39 is 10.0 Å². The van der Waals surface area contributed by atoms with E-state index in [0.717, 1.165) is 16.7 Å². The Hall–Kier alpha value is -1.65. The molecule has 2 aromatic carbocycles. The molecular formula is C16H19NO2S. The predicted octanol–water partition coefficient (Wildman–Crippen LogP) is 3.35. The number of hydrogen-bond donors (Lipinski definition) is 1. The van der Waals surface area contributed by atoms with Gasteiger partial charge in [-0.3, -0.25) is 0 Å². The molecule has 106 valence electrons. The molecule has 3 nitrogen and oxygen atoms in total. The third-order valence-electron chi connectivity index (χ3n) is 3.05. The Morgan fingerprint density at radius 2 is 1.60 bits per heavy atom. The van der Waals surface area contributed by atoms with E-state index in [1.165, 1.54) is 0 Å². The summed E-state index contributed by atoms with van der Waals surface area (Å²) in [4.78, 5) is 0.340. The van der Waals surface area contributed by atoms with Crippen LogP contribution < -0.4 is 4.72 Å². The standard InChI is InChI=1S/C16H19NO2S/c1-12(2)17-20(18,19)16-11-7-10-15(13(16)3)14-8-5-4-6-9-14/h4-12,17H,1-3H3. The summed E-state index contributed by atoms with van der Waals surface area (Å²) in [7, 11) is -3.47. The van der Waals surface area contributed by atoms with Crippen molar-refractivity contribution in [1.82, 2.24) is 4.72 Å². The molecule has 0 saturated carbocycles. The second kappa shape index (κ2) is 5.77. The Morgan fingerprint density at radius 1 is 0.950 bits per heavy atom. The number of rotatable bonds is 4. The van der Waals surface area contributed by atoms with Crippen LogP contribution in [0.3, 0.4) is 0 Å². The predicted molar refractivity (Wildman–Crippen MR) is 82.1 cm³/mol. The number of nitrogens with one attached hydrogen (secondary N) is 1. The van der Waals surface area contributed by atoms with Gasteiger partial charge < -0.3 is 0 Å². The monoisotopic (exact) mass is 289 g/mol. The van der Waals surface area contributed by atoms with Gasteiger partial charge in [-0.2, -0.15) is 0 Å². The SMILES string of the molecule is Cc1c(-c2ccccc2)cccc1S(=O)(=O)NC(C)C. The molecule has 0 heterocycles. The summed E-state index contributed by atoms with van der Waals surface area (Å²) in [6, 6.07) is 15.0. The molecule has 1 N–H and O–H groups in total. The van der Waals surface area contributed by atoms with Crippen molar-refractivity contribution in [2.45, 2.75) is 31.7 Å². The fourth-order valence-corrected chi connectivity index (χ4v) is 3.73. The molecule has 0 amide bonds. The molecule has 20 heavy (non-hydrogen) atoms. The number of hydrogen-bond acceptors (Lipinski definition) is 2. The molecule has 0 unspecified atom stereocenters. The average molecular weight is 289 g/mol. The van der Waals surface area contributed by atoms with Crippen LogP contribution in [0.1, 0.15) is 19.4 Å². The Labute approximate surface area is 120 Å². The molecule has 2 aromatic rings. The summed E-state index contributed by atoms with van der Waals surface area (Å²) in [5.41, 5.74) is 2.73. The lowest BCUT2D eigenvalue weighted by atomic mass is 10.0. The maximum Gasteiger partial charge on any atom is 0.241 e. The quantitative estimate of drug-likeness (QED) is 0.938. The molecule has 0 spiro atoms. The van der Waals surface area contributed by atoms with Gasteiger partial charge in [0.25, 0.3) is 0 Å². The Balaban J connectivity index is 2.54. The van der Waals surface area contributed by atoms with Crippen molar-refractivity contribution in [3.63, 3.8) is 0 Å². The van der Waals surface area contributed by atoms with Crippen LogP contribution in [0.5, 0.6) is 0 Å². The zero-order valence-corrected chi connectivity index (χ0v) is 12.7. The molecule has 0 saturated heterocycles. The summed E-state index contributed by atoms with van der Waals surface area (Å²) in [6.07, 6.45) is 0. The van der Waals surface area contributed by atoms with E-state index in [9.17, 15) is 8.42 Å².